The molecular formula is C19H25N3O. The second-order valence-corrected chi connectivity index (χ2v) is 6.37. The summed E-state index contributed by atoms with van der Waals surface area (Å²) in [5, 5.41) is 5.11. The van der Waals surface area contributed by atoms with Crippen LogP contribution in [0.1, 0.15) is 49.9 Å². The van der Waals surface area contributed by atoms with Crippen molar-refractivity contribution in [1.82, 2.24) is 10.3 Å². The van der Waals surface area contributed by atoms with Crippen molar-refractivity contribution in [3.05, 3.63) is 36.0 Å². The molecule has 0 radical (unpaired) electrons. The summed E-state index contributed by atoms with van der Waals surface area (Å²) in [4.78, 5) is 19.6. The smallest absolute Gasteiger partial charge is 0.253 e. The van der Waals surface area contributed by atoms with Crippen molar-refractivity contribution in [2.45, 2.75) is 45.6 Å². The number of amides is 1. The third-order valence-electron chi connectivity index (χ3n) is 4.66. The van der Waals surface area contributed by atoms with Gasteiger partial charge in [0.05, 0.1) is 5.56 Å². The van der Waals surface area contributed by atoms with Crippen molar-refractivity contribution < 1.29 is 4.79 Å². The predicted molar refractivity (Wildman–Crippen MR) is 95.0 cm³/mol. The molecule has 0 saturated carbocycles. The topological polar surface area (TPSA) is 45.2 Å². The first-order chi connectivity index (χ1) is 11.2. The number of pyridine rings is 1. The van der Waals surface area contributed by atoms with E-state index >= 15 is 0 Å². The van der Waals surface area contributed by atoms with E-state index in [0.29, 0.717) is 5.56 Å². The van der Waals surface area contributed by atoms with E-state index in [9.17, 15) is 4.79 Å². The third-order valence-corrected chi connectivity index (χ3v) is 4.66. The van der Waals surface area contributed by atoms with Gasteiger partial charge in [-0.05, 0) is 38.0 Å². The summed E-state index contributed by atoms with van der Waals surface area (Å²) in [6.45, 7) is 6.20. The van der Waals surface area contributed by atoms with E-state index in [0.717, 1.165) is 36.1 Å². The molecule has 1 aliphatic rings. The largest absolute Gasteiger partial charge is 0.356 e. The lowest BCUT2D eigenvalue weighted by molar-refractivity contribution is 0.0940. The number of anilines is 1. The number of carbonyl (C=O) groups is 1. The fourth-order valence-electron chi connectivity index (χ4n) is 3.12. The zero-order chi connectivity index (χ0) is 16.2. The summed E-state index contributed by atoms with van der Waals surface area (Å²) in [5.74, 6) is 0.980. The van der Waals surface area contributed by atoms with E-state index in [4.69, 9.17) is 0 Å². The first-order valence-corrected chi connectivity index (χ1v) is 8.64. The van der Waals surface area contributed by atoms with Crippen LogP contribution in [0.3, 0.4) is 0 Å². The standard InChI is InChI=1S/C19H25N3O/c1-3-14(2)21-19(23)17-13-20-18(22-11-7-4-8-12-22)16-10-6-5-9-15(16)17/h5-6,9-10,13-14H,3-4,7-8,11-12H2,1-2H3,(H,21,23)/t14-/m0/s1. The van der Waals surface area contributed by atoms with Gasteiger partial charge in [0.25, 0.3) is 5.91 Å². The lowest BCUT2D eigenvalue weighted by Crippen LogP contribution is -2.33. The van der Waals surface area contributed by atoms with Crippen LogP contribution in [-0.2, 0) is 0 Å². The van der Waals surface area contributed by atoms with E-state index in [-0.39, 0.29) is 11.9 Å². The maximum absolute atomic E-state index is 12.6. The molecule has 122 valence electrons. The Hall–Kier alpha value is -2.10. The van der Waals surface area contributed by atoms with Crippen molar-refractivity contribution >= 4 is 22.5 Å². The fraction of sp³-hybridized carbons (Fsp3) is 0.474. The number of hydrogen-bond acceptors (Lipinski definition) is 3. The van der Waals surface area contributed by atoms with Crippen LogP contribution < -0.4 is 10.2 Å². The van der Waals surface area contributed by atoms with Crippen LogP contribution >= 0.6 is 0 Å². The molecule has 0 spiro atoms. The molecule has 1 atom stereocenters. The molecule has 4 nitrogen and oxygen atoms in total. The number of nitrogens with zero attached hydrogens (tertiary/aromatic N) is 2. The zero-order valence-corrected chi connectivity index (χ0v) is 14.0. The molecule has 1 aromatic carbocycles. The summed E-state index contributed by atoms with van der Waals surface area (Å²) < 4.78 is 0. The molecule has 23 heavy (non-hydrogen) atoms. The summed E-state index contributed by atoms with van der Waals surface area (Å²) in [6.07, 6.45) is 6.38. The number of nitrogens with one attached hydrogen (secondary N) is 1. The number of rotatable bonds is 4. The van der Waals surface area contributed by atoms with Gasteiger partial charge in [0.1, 0.15) is 5.82 Å². The molecule has 1 N–H and O–H groups in total. The van der Waals surface area contributed by atoms with Crippen LogP contribution in [0.5, 0.6) is 0 Å². The van der Waals surface area contributed by atoms with Gasteiger partial charge in [-0.25, -0.2) is 4.98 Å². The van der Waals surface area contributed by atoms with Crippen molar-refractivity contribution in [2.24, 2.45) is 0 Å². The molecule has 1 amide bonds. The second kappa shape index (κ2) is 6.99. The van der Waals surface area contributed by atoms with Gasteiger partial charge in [-0.1, -0.05) is 31.2 Å². The first kappa shape index (κ1) is 15.8. The predicted octanol–water partition coefficient (Wildman–Crippen LogP) is 3.75. The lowest BCUT2D eigenvalue weighted by atomic mass is 10.0. The van der Waals surface area contributed by atoms with Crippen LogP contribution in [-0.4, -0.2) is 30.0 Å². The molecular weight excluding hydrogens is 286 g/mol. The van der Waals surface area contributed by atoms with Gasteiger partial charge in [0, 0.05) is 30.7 Å². The first-order valence-electron chi connectivity index (χ1n) is 8.64. The Morgan fingerprint density at radius 1 is 1.22 bits per heavy atom. The Kier molecular flexibility index (Phi) is 4.79. The highest BCUT2D eigenvalue weighted by Gasteiger charge is 2.19. The summed E-state index contributed by atoms with van der Waals surface area (Å²) >= 11 is 0. The lowest BCUT2D eigenvalue weighted by Gasteiger charge is -2.29. The van der Waals surface area contributed by atoms with Gasteiger partial charge in [0.2, 0.25) is 0 Å². The van der Waals surface area contributed by atoms with Crippen LogP contribution in [0.4, 0.5) is 5.82 Å². The molecule has 1 saturated heterocycles. The van der Waals surface area contributed by atoms with Crippen molar-refractivity contribution in [1.29, 1.82) is 0 Å². The Bertz CT molecular complexity index is 692. The van der Waals surface area contributed by atoms with Gasteiger partial charge >= 0.3 is 0 Å². The minimum atomic E-state index is -0.0340. The Morgan fingerprint density at radius 2 is 1.91 bits per heavy atom. The van der Waals surface area contributed by atoms with Crippen molar-refractivity contribution in [2.75, 3.05) is 18.0 Å². The van der Waals surface area contributed by atoms with Crippen molar-refractivity contribution in [3.8, 4) is 0 Å². The molecule has 3 rings (SSSR count). The highest BCUT2D eigenvalue weighted by molar-refractivity contribution is 6.09. The van der Waals surface area contributed by atoms with E-state index in [1.54, 1.807) is 6.20 Å². The minimum Gasteiger partial charge on any atom is -0.356 e. The molecule has 1 aliphatic heterocycles. The number of benzene rings is 1. The summed E-state index contributed by atoms with van der Waals surface area (Å²) in [5.41, 5.74) is 0.668. The number of aromatic nitrogens is 1. The van der Waals surface area contributed by atoms with E-state index in [1.165, 1.54) is 19.3 Å². The SMILES string of the molecule is CC[C@H](C)NC(=O)c1cnc(N2CCCCC2)c2ccccc12. The Labute approximate surface area is 137 Å². The highest BCUT2D eigenvalue weighted by atomic mass is 16.1. The van der Waals surface area contributed by atoms with E-state index in [2.05, 4.69) is 28.2 Å². The maximum atomic E-state index is 12.6. The van der Waals surface area contributed by atoms with Gasteiger partial charge in [-0.3, -0.25) is 4.79 Å². The van der Waals surface area contributed by atoms with Crippen LogP contribution in [0, 0.1) is 0 Å². The van der Waals surface area contributed by atoms with E-state index in [1.807, 2.05) is 25.1 Å². The molecule has 1 fully saturated rings. The second-order valence-electron chi connectivity index (χ2n) is 6.37. The number of carbonyl (C=O) groups excluding carboxylic acids is 1. The molecule has 1 aromatic heterocycles. The maximum Gasteiger partial charge on any atom is 0.253 e. The third kappa shape index (κ3) is 3.31. The summed E-state index contributed by atoms with van der Waals surface area (Å²) in [7, 11) is 0. The average Bonchev–Trinajstić information content (AvgIpc) is 2.61. The van der Waals surface area contributed by atoms with E-state index < -0.39 is 0 Å². The minimum absolute atomic E-state index is 0.0340. The molecule has 0 unspecified atom stereocenters. The Morgan fingerprint density at radius 3 is 2.61 bits per heavy atom. The van der Waals surface area contributed by atoms with Gasteiger partial charge in [-0.15, -0.1) is 0 Å². The molecule has 2 heterocycles. The fourth-order valence-corrected chi connectivity index (χ4v) is 3.12. The number of hydrogen-bond donors (Lipinski definition) is 1. The monoisotopic (exact) mass is 311 g/mol. The molecule has 0 bridgehead atoms. The van der Waals surface area contributed by atoms with Gasteiger partial charge < -0.3 is 10.2 Å². The van der Waals surface area contributed by atoms with Gasteiger partial charge in [0.15, 0.2) is 0 Å². The van der Waals surface area contributed by atoms with Crippen LogP contribution in [0.15, 0.2) is 30.5 Å². The summed E-state index contributed by atoms with van der Waals surface area (Å²) in [6, 6.07) is 8.28. The Balaban J connectivity index is 2.00. The van der Waals surface area contributed by atoms with Gasteiger partial charge in [-0.2, -0.15) is 0 Å². The van der Waals surface area contributed by atoms with Crippen LogP contribution in [0.25, 0.3) is 10.8 Å². The van der Waals surface area contributed by atoms with Crippen LogP contribution in [0.2, 0.25) is 0 Å². The molecule has 0 aliphatic carbocycles. The molecule has 4 heteroatoms. The number of fused-ring (bicyclic) bond motifs is 1. The number of piperidine rings is 1. The zero-order valence-electron chi connectivity index (χ0n) is 14.0. The highest BCUT2D eigenvalue weighted by Crippen LogP contribution is 2.29. The normalized spacial score (nSPS) is 16.3. The molecule has 2 aromatic rings. The van der Waals surface area contributed by atoms with Crippen molar-refractivity contribution in [3.63, 3.8) is 0 Å². The quantitative estimate of drug-likeness (QED) is 0.935. The average molecular weight is 311 g/mol.